The lowest BCUT2D eigenvalue weighted by Crippen LogP contribution is -2.26. The van der Waals surface area contributed by atoms with Crippen molar-refractivity contribution in [3.05, 3.63) is 65.9 Å². The molecule has 0 saturated carbocycles. The van der Waals surface area contributed by atoms with Crippen LogP contribution < -0.4 is 10.1 Å². The smallest absolute Gasteiger partial charge is 0.220 e. The fraction of sp³-hybridized carbons (Fsp3) is 0.273. The molecule has 1 atom stereocenters. The van der Waals surface area contributed by atoms with E-state index >= 15 is 0 Å². The van der Waals surface area contributed by atoms with Crippen molar-refractivity contribution in [3.8, 4) is 11.5 Å². The molecule has 0 fully saturated rings. The lowest BCUT2D eigenvalue weighted by molar-refractivity contribution is -0.121. The highest BCUT2D eigenvalue weighted by Gasteiger charge is 2.22. The van der Waals surface area contributed by atoms with Crippen LogP contribution in [0.5, 0.6) is 11.5 Å². The first-order chi connectivity index (χ1) is 13.6. The number of phenols is 1. The molecule has 0 saturated heterocycles. The van der Waals surface area contributed by atoms with E-state index in [0.717, 1.165) is 16.7 Å². The monoisotopic (exact) mass is 380 g/mol. The van der Waals surface area contributed by atoms with Crippen LogP contribution in [0.15, 0.2) is 54.7 Å². The van der Waals surface area contributed by atoms with Crippen LogP contribution in [0.2, 0.25) is 0 Å². The van der Waals surface area contributed by atoms with Crippen LogP contribution in [0.1, 0.15) is 29.9 Å². The average molecular weight is 380 g/mol. The van der Waals surface area contributed by atoms with Crippen LogP contribution in [0.25, 0.3) is 10.9 Å². The molecule has 28 heavy (non-hydrogen) atoms. The number of benzene rings is 2. The summed E-state index contributed by atoms with van der Waals surface area (Å²) in [4.78, 5) is 16.7. The van der Waals surface area contributed by atoms with Crippen LogP contribution in [-0.2, 0) is 4.79 Å². The predicted octanol–water partition coefficient (Wildman–Crippen LogP) is 2.97. The van der Waals surface area contributed by atoms with Crippen LogP contribution in [0.3, 0.4) is 0 Å². The van der Waals surface area contributed by atoms with Crippen LogP contribution >= 0.6 is 0 Å². The summed E-state index contributed by atoms with van der Waals surface area (Å²) in [7, 11) is 1.60. The second-order valence-corrected chi connectivity index (χ2v) is 6.54. The van der Waals surface area contributed by atoms with E-state index in [2.05, 4.69) is 10.3 Å². The Labute approximate surface area is 163 Å². The summed E-state index contributed by atoms with van der Waals surface area (Å²) in [6, 6.07) is 14.9. The lowest BCUT2D eigenvalue weighted by Gasteiger charge is -2.20. The molecule has 0 radical (unpaired) electrons. The van der Waals surface area contributed by atoms with Gasteiger partial charge in [-0.2, -0.15) is 0 Å². The van der Waals surface area contributed by atoms with Gasteiger partial charge in [0, 0.05) is 42.6 Å². The lowest BCUT2D eigenvalue weighted by atomic mass is 9.87. The number of methoxy groups -OCH3 is 1. The SMILES string of the molecule is COc1ccc(C(CC(=O)NCCCO)c2ccc3cccnc3c2O)cc1. The van der Waals surface area contributed by atoms with Gasteiger partial charge in [0.05, 0.1) is 7.11 Å². The van der Waals surface area contributed by atoms with Crippen molar-refractivity contribution in [1.82, 2.24) is 10.3 Å². The van der Waals surface area contributed by atoms with Crippen molar-refractivity contribution in [2.75, 3.05) is 20.3 Å². The number of carbonyl (C=O) groups excluding carboxylic acids is 1. The van der Waals surface area contributed by atoms with Crippen molar-refractivity contribution in [2.45, 2.75) is 18.8 Å². The zero-order valence-electron chi connectivity index (χ0n) is 15.8. The van der Waals surface area contributed by atoms with Gasteiger partial charge in [0.15, 0.2) is 0 Å². The van der Waals surface area contributed by atoms with E-state index in [1.165, 1.54) is 0 Å². The van der Waals surface area contributed by atoms with Gasteiger partial charge >= 0.3 is 0 Å². The Morgan fingerprint density at radius 3 is 2.68 bits per heavy atom. The number of carbonyl (C=O) groups is 1. The number of fused-ring (bicyclic) bond motifs is 1. The van der Waals surface area contributed by atoms with Crippen LogP contribution in [0.4, 0.5) is 0 Å². The molecule has 3 rings (SSSR count). The maximum Gasteiger partial charge on any atom is 0.220 e. The quantitative estimate of drug-likeness (QED) is 0.523. The normalized spacial score (nSPS) is 11.9. The molecule has 0 aliphatic carbocycles. The molecular formula is C22H24N2O4. The summed E-state index contributed by atoms with van der Waals surface area (Å²) in [5.41, 5.74) is 2.05. The van der Waals surface area contributed by atoms with Gasteiger partial charge in [0.25, 0.3) is 0 Å². The van der Waals surface area contributed by atoms with Crippen molar-refractivity contribution >= 4 is 16.8 Å². The Bertz CT molecular complexity index is 941. The highest BCUT2D eigenvalue weighted by molar-refractivity contribution is 5.86. The number of nitrogens with one attached hydrogen (secondary N) is 1. The zero-order chi connectivity index (χ0) is 19.9. The maximum absolute atomic E-state index is 12.5. The number of aliphatic hydroxyl groups excluding tert-OH is 1. The number of hydrogen-bond donors (Lipinski definition) is 3. The van der Waals surface area contributed by atoms with Gasteiger partial charge in [0.2, 0.25) is 5.91 Å². The number of aliphatic hydroxyl groups is 1. The molecule has 1 heterocycles. The molecule has 2 aromatic carbocycles. The number of amides is 1. The summed E-state index contributed by atoms with van der Waals surface area (Å²) in [6.07, 6.45) is 2.31. The van der Waals surface area contributed by atoms with Gasteiger partial charge in [0.1, 0.15) is 17.0 Å². The first-order valence-electron chi connectivity index (χ1n) is 9.22. The van der Waals surface area contributed by atoms with Gasteiger partial charge in [-0.1, -0.05) is 30.3 Å². The Balaban J connectivity index is 1.97. The fourth-order valence-electron chi connectivity index (χ4n) is 3.23. The number of rotatable bonds is 8. The molecule has 1 aromatic heterocycles. The minimum Gasteiger partial charge on any atom is -0.505 e. The van der Waals surface area contributed by atoms with Gasteiger partial charge in [-0.3, -0.25) is 9.78 Å². The molecule has 0 bridgehead atoms. The van der Waals surface area contributed by atoms with E-state index in [9.17, 15) is 9.90 Å². The van der Waals surface area contributed by atoms with E-state index in [4.69, 9.17) is 9.84 Å². The van der Waals surface area contributed by atoms with Crippen LogP contribution in [0, 0.1) is 0 Å². The summed E-state index contributed by atoms with van der Waals surface area (Å²) in [5, 5.41) is 23.4. The van der Waals surface area contributed by atoms with Crippen molar-refractivity contribution in [3.63, 3.8) is 0 Å². The number of aromatic nitrogens is 1. The van der Waals surface area contributed by atoms with E-state index in [1.54, 1.807) is 13.3 Å². The molecule has 146 valence electrons. The summed E-state index contributed by atoms with van der Waals surface area (Å²) < 4.78 is 5.22. The Morgan fingerprint density at radius 2 is 1.96 bits per heavy atom. The molecule has 6 heteroatoms. The van der Waals surface area contributed by atoms with Gasteiger partial charge in [-0.15, -0.1) is 0 Å². The molecular weight excluding hydrogens is 356 g/mol. The number of hydrogen-bond acceptors (Lipinski definition) is 5. The first-order valence-corrected chi connectivity index (χ1v) is 9.22. The third-order valence-corrected chi connectivity index (χ3v) is 4.72. The predicted molar refractivity (Wildman–Crippen MR) is 108 cm³/mol. The highest BCUT2D eigenvalue weighted by atomic mass is 16.5. The van der Waals surface area contributed by atoms with Gasteiger partial charge in [-0.05, 0) is 30.2 Å². The van der Waals surface area contributed by atoms with Gasteiger partial charge < -0.3 is 20.3 Å². The maximum atomic E-state index is 12.5. The van der Waals surface area contributed by atoms with Gasteiger partial charge in [-0.25, -0.2) is 0 Å². The van der Waals surface area contributed by atoms with E-state index in [1.807, 2.05) is 48.5 Å². The first kappa shape index (κ1) is 19.6. The molecule has 3 aromatic rings. The number of aromatic hydroxyl groups is 1. The number of pyridine rings is 1. The van der Waals surface area contributed by atoms with Crippen molar-refractivity contribution in [2.24, 2.45) is 0 Å². The molecule has 1 unspecified atom stereocenters. The van der Waals surface area contributed by atoms with E-state index in [-0.39, 0.29) is 30.6 Å². The minimum atomic E-state index is -0.341. The second-order valence-electron chi connectivity index (χ2n) is 6.54. The average Bonchev–Trinajstić information content (AvgIpc) is 2.73. The van der Waals surface area contributed by atoms with E-state index < -0.39 is 0 Å². The highest BCUT2D eigenvalue weighted by Crippen LogP contribution is 2.38. The second kappa shape index (κ2) is 9.19. The minimum absolute atomic E-state index is 0.0271. The standard InChI is InChI=1S/C22H24N2O4/c1-28-17-8-5-15(6-9-17)19(14-20(26)23-12-3-13-25)18-10-7-16-4-2-11-24-21(16)22(18)27/h2,4-11,19,25,27H,3,12-14H2,1H3,(H,23,26). The summed E-state index contributed by atoms with van der Waals surface area (Å²) in [6.45, 7) is 0.440. The number of ether oxygens (including phenoxy) is 1. The third-order valence-electron chi connectivity index (χ3n) is 4.72. The molecule has 1 amide bonds. The molecule has 6 nitrogen and oxygen atoms in total. The zero-order valence-corrected chi connectivity index (χ0v) is 15.8. The van der Waals surface area contributed by atoms with E-state index in [0.29, 0.717) is 24.0 Å². The number of nitrogens with zero attached hydrogens (tertiary/aromatic N) is 1. The summed E-state index contributed by atoms with van der Waals surface area (Å²) >= 11 is 0. The molecule has 3 N–H and O–H groups in total. The van der Waals surface area contributed by atoms with Crippen molar-refractivity contribution in [1.29, 1.82) is 0 Å². The molecule has 0 aliphatic rings. The molecule has 0 aliphatic heterocycles. The Morgan fingerprint density at radius 1 is 1.18 bits per heavy atom. The Kier molecular flexibility index (Phi) is 6.45. The largest absolute Gasteiger partial charge is 0.505 e. The summed E-state index contributed by atoms with van der Waals surface area (Å²) in [5.74, 6) is 0.322. The Hall–Kier alpha value is -3.12. The third kappa shape index (κ3) is 4.40. The van der Waals surface area contributed by atoms with Crippen LogP contribution in [-0.4, -0.2) is 41.4 Å². The topological polar surface area (TPSA) is 91.7 Å². The van der Waals surface area contributed by atoms with Crippen molar-refractivity contribution < 1.29 is 19.7 Å². The molecule has 0 spiro atoms. The number of phenolic OH excluding ortho intramolecular Hbond substituents is 1. The fourth-order valence-corrected chi connectivity index (χ4v) is 3.23.